The molecule has 0 radical (unpaired) electrons. The summed E-state index contributed by atoms with van der Waals surface area (Å²) >= 11 is 0. The Morgan fingerprint density at radius 3 is 2.24 bits per heavy atom. The fraction of sp³-hybridized carbons (Fsp3) is 0.321. The van der Waals surface area contributed by atoms with E-state index in [0.29, 0.717) is 11.3 Å². The zero-order chi connectivity index (χ0) is 27.2. The fourth-order valence-electron chi connectivity index (χ4n) is 4.07. The van der Waals surface area contributed by atoms with Gasteiger partial charge in [0.1, 0.15) is 5.75 Å². The molecule has 2 atom stereocenters. The number of hydrogen-bond acceptors (Lipinski definition) is 6. The zero-order valence-corrected chi connectivity index (χ0v) is 22.2. The van der Waals surface area contributed by atoms with Crippen molar-refractivity contribution in [3.8, 4) is 5.75 Å². The number of carbonyl (C=O) groups excluding carboxylic acids is 1. The van der Waals surface area contributed by atoms with Crippen LogP contribution in [0.25, 0.3) is 0 Å². The lowest BCUT2D eigenvalue weighted by molar-refractivity contribution is 0.0775. The van der Waals surface area contributed by atoms with E-state index in [0.717, 1.165) is 5.56 Å². The molecule has 3 aromatic carbocycles. The van der Waals surface area contributed by atoms with E-state index in [1.165, 1.54) is 34.6 Å². The Labute approximate surface area is 218 Å². The van der Waals surface area contributed by atoms with Gasteiger partial charge in [0.2, 0.25) is 10.0 Å². The molecule has 0 fully saturated rings. The number of sulfonamides is 1. The van der Waals surface area contributed by atoms with Crippen molar-refractivity contribution < 1.29 is 23.4 Å². The summed E-state index contributed by atoms with van der Waals surface area (Å²) < 4.78 is 28.2. The molecular formula is C28H35N3O5S. The van der Waals surface area contributed by atoms with Gasteiger partial charge < -0.3 is 21.3 Å². The van der Waals surface area contributed by atoms with Gasteiger partial charge in [0.15, 0.2) is 0 Å². The van der Waals surface area contributed by atoms with Crippen LogP contribution in [-0.4, -0.2) is 54.1 Å². The van der Waals surface area contributed by atoms with Gasteiger partial charge in [-0.2, -0.15) is 4.31 Å². The molecule has 37 heavy (non-hydrogen) atoms. The summed E-state index contributed by atoms with van der Waals surface area (Å²) in [5, 5.41) is 24.2. The molecule has 0 bridgehead atoms. The van der Waals surface area contributed by atoms with Gasteiger partial charge >= 0.3 is 0 Å². The van der Waals surface area contributed by atoms with E-state index in [4.69, 9.17) is 5.73 Å². The summed E-state index contributed by atoms with van der Waals surface area (Å²) in [6.07, 6.45) is -0.938. The number of carbonyl (C=O) groups is 1. The highest BCUT2D eigenvalue weighted by Crippen LogP contribution is 2.22. The van der Waals surface area contributed by atoms with E-state index in [9.17, 15) is 23.4 Å². The molecule has 0 spiro atoms. The molecule has 0 heterocycles. The number of aromatic hydroxyl groups is 1. The molecular weight excluding hydrogens is 490 g/mol. The monoisotopic (exact) mass is 525 g/mol. The second-order valence-electron chi connectivity index (χ2n) is 9.57. The van der Waals surface area contributed by atoms with Crippen molar-refractivity contribution in [1.29, 1.82) is 0 Å². The number of aliphatic hydroxyl groups is 1. The summed E-state index contributed by atoms with van der Waals surface area (Å²) in [7, 11) is -3.94. The summed E-state index contributed by atoms with van der Waals surface area (Å²) in [5.74, 6) is -0.483. The summed E-state index contributed by atoms with van der Waals surface area (Å²) in [6.45, 7) is 5.39. The highest BCUT2D eigenvalue weighted by Gasteiger charge is 2.31. The lowest BCUT2D eigenvalue weighted by atomic mass is 9.99. The van der Waals surface area contributed by atoms with Crippen LogP contribution in [-0.2, 0) is 16.4 Å². The van der Waals surface area contributed by atoms with Gasteiger partial charge in [0, 0.05) is 29.9 Å². The standard InChI is InChI=1S/C28H35N3O5S/c1-19(2)17-31(37(35,36)23-14-12-22(29)13-15-23)18-27(33)25(16-21-8-5-4-6-9-21)30-28(34)24-10-7-11-26(32)20(24)3/h4-15,19,25,27,32-33H,16-18,29H2,1-3H3,(H,30,34). The number of nitrogens with one attached hydrogen (secondary N) is 1. The molecule has 0 aliphatic heterocycles. The Balaban J connectivity index is 1.91. The third-order valence-electron chi connectivity index (χ3n) is 6.11. The zero-order valence-electron chi connectivity index (χ0n) is 21.3. The third kappa shape index (κ3) is 7.31. The lowest BCUT2D eigenvalue weighted by Gasteiger charge is -2.31. The Morgan fingerprint density at radius 2 is 1.62 bits per heavy atom. The van der Waals surface area contributed by atoms with Crippen molar-refractivity contribution in [2.24, 2.45) is 5.92 Å². The molecule has 3 aromatic rings. The normalized spacial score (nSPS) is 13.5. The minimum absolute atomic E-state index is 0.00661. The highest BCUT2D eigenvalue weighted by molar-refractivity contribution is 7.89. The predicted molar refractivity (Wildman–Crippen MR) is 145 cm³/mol. The highest BCUT2D eigenvalue weighted by atomic mass is 32.2. The van der Waals surface area contributed by atoms with Gasteiger partial charge in [-0.15, -0.1) is 0 Å². The molecule has 8 nitrogen and oxygen atoms in total. The van der Waals surface area contributed by atoms with Gasteiger partial charge in [-0.05, 0) is 61.2 Å². The minimum Gasteiger partial charge on any atom is -0.508 e. The number of nitrogens with two attached hydrogens (primary N) is 1. The van der Waals surface area contributed by atoms with E-state index in [1.807, 2.05) is 44.2 Å². The topological polar surface area (TPSA) is 133 Å². The average molecular weight is 526 g/mol. The molecule has 0 aromatic heterocycles. The summed E-state index contributed by atoms with van der Waals surface area (Å²) in [5.41, 5.74) is 7.74. The molecule has 0 aliphatic carbocycles. The number of nitrogens with zero attached hydrogens (tertiary/aromatic N) is 1. The van der Waals surface area contributed by atoms with Crippen LogP contribution in [0.15, 0.2) is 77.7 Å². The molecule has 9 heteroatoms. The molecule has 0 saturated carbocycles. The van der Waals surface area contributed by atoms with Crippen LogP contribution in [0.1, 0.15) is 35.3 Å². The second kappa shape index (κ2) is 12.2. The van der Waals surface area contributed by atoms with E-state index in [2.05, 4.69) is 5.32 Å². The average Bonchev–Trinajstić information content (AvgIpc) is 2.85. The van der Waals surface area contributed by atoms with Crippen LogP contribution in [0, 0.1) is 12.8 Å². The maximum atomic E-state index is 13.5. The Morgan fingerprint density at radius 1 is 0.973 bits per heavy atom. The van der Waals surface area contributed by atoms with Crippen LogP contribution in [0.3, 0.4) is 0 Å². The summed E-state index contributed by atoms with van der Waals surface area (Å²) in [6, 6.07) is 19.1. The van der Waals surface area contributed by atoms with E-state index in [-0.39, 0.29) is 41.6 Å². The van der Waals surface area contributed by atoms with Crippen molar-refractivity contribution in [3.05, 3.63) is 89.5 Å². The molecule has 5 N–H and O–H groups in total. The molecule has 2 unspecified atom stereocenters. The lowest BCUT2D eigenvalue weighted by Crippen LogP contribution is -2.51. The van der Waals surface area contributed by atoms with Crippen LogP contribution in [0.2, 0.25) is 0 Å². The van der Waals surface area contributed by atoms with Crippen LogP contribution < -0.4 is 11.1 Å². The number of nitrogen functional groups attached to an aromatic ring is 1. The minimum atomic E-state index is -3.94. The van der Waals surface area contributed by atoms with E-state index in [1.54, 1.807) is 19.1 Å². The first kappa shape index (κ1) is 28.2. The molecule has 3 rings (SSSR count). The number of phenols is 1. The molecule has 0 saturated heterocycles. The number of rotatable bonds is 11. The SMILES string of the molecule is Cc1c(O)cccc1C(=O)NC(Cc1ccccc1)C(O)CN(CC(C)C)S(=O)(=O)c1ccc(N)cc1. The van der Waals surface area contributed by atoms with Crippen LogP contribution >= 0.6 is 0 Å². The largest absolute Gasteiger partial charge is 0.508 e. The third-order valence-corrected chi connectivity index (χ3v) is 7.95. The van der Waals surface area contributed by atoms with Crippen molar-refractivity contribution in [1.82, 2.24) is 9.62 Å². The predicted octanol–water partition coefficient (Wildman–Crippen LogP) is 3.33. The number of amides is 1. The number of benzene rings is 3. The summed E-state index contributed by atoms with van der Waals surface area (Å²) in [4.78, 5) is 13.2. The Hall–Kier alpha value is -3.40. The maximum absolute atomic E-state index is 13.5. The van der Waals surface area contributed by atoms with Crippen LogP contribution in [0.4, 0.5) is 5.69 Å². The first-order chi connectivity index (χ1) is 17.5. The fourth-order valence-corrected chi connectivity index (χ4v) is 5.69. The quantitative estimate of drug-likeness (QED) is 0.284. The Kier molecular flexibility index (Phi) is 9.31. The number of anilines is 1. The number of phenolic OH excluding ortho intramolecular Hbond substituents is 1. The second-order valence-corrected chi connectivity index (χ2v) is 11.5. The molecule has 198 valence electrons. The van der Waals surface area contributed by atoms with Gasteiger partial charge in [-0.1, -0.05) is 50.2 Å². The van der Waals surface area contributed by atoms with Crippen molar-refractivity contribution in [3.63, 3.8) is 0 Å². The number of hydrogen-bond donors (Lipinski definition) is 4. The van der Waals surface area contributed by atoms with Gasteiger partial charge in [-0.25, -0.2) is 8.42 Å². The van der Waals surface area contributed by atoms with Gasteiger partial charge in [-0.3, -0.25) is 4.79 Å². The maximum Gasteiger partial charge on any atom is 0.252 e. The molecule has 0 aliphatic rings. The van der Waals surface area contributed by atoms with Crippen LogP contribution in [0.5, 0.6) is 5.75 Å². The van der Waals surface area contributed by atoms with Gasteiger partial charge in [0.25, 0.3) is 5.91 Å². The van der Waals surface area contributed by atoms with Crippen molar-refractivity contribution in [2.75, 3.05) is 18.8 Å². The Bertz CT molecular complexity index is 1300. The smallest absolute Gasteiger partial charge is 0.252 e. The number of aliphatic hydroxyl groups excluding tert-OH is 1. The first-order valence-corrected chi connectivity index (χ1v) is 13.6. The van der Waals surface area contributed by atoms with E-state index < -0.39 is 28.1 Å². The van der Waals surface area contributed by atoms with Crippen molar-refractivity contribution >= 4 is 21.6 Å². The van der Waals surface area contributed by atoms with Crippen molar-refractivity contribution in [2.45, 2.75) is 44.2 Å². The first-order valence-electron chi connectivity index (χ1n) is 12.2. The van der Waals surface area contributed by atoms with Gasteiger partial charge in [0.05, 0.1) is 17.0 Å². The molecule has 1 amide bonds. The van der Waals surface area contributed by atoms with E-state index >= 15 is 0 Å².